The molecule has 0 aromatic carbocycles. The molecule has 1 amide bonds. The van der Waals surface area contributed by atoms with E-state index in [0.717, 1.165) is 25.0 Å². The molecule has 3 rings (SSSR count). The van der Waals surface area contributed by atoms with Gasteiger partial charge in [0.1, 0.15) is 0 Å². The number of pyridine rings is 2. The van der Waals surface area contributed by atoms with Crippen molar-refractivity contribution in [2.45, 2.75) is 19.3 Å². The Kier molecular flexibility index (Phi) is 3.33. The number of fused-ring (bicyclic) bond motifs is 1. The minimum Gasteiger partial charge on any atom is -0.481 e. The molecule has 0 fully saturated rings. The predicted molar refractivity (Wildman–Crippen MR) is 75.0 cm³/mol. The molecule has 0 saturated carbocycles. The van der Waals surface area contributed by atoms with Crippen molar-refractivity contribution in [3.05, 3.63) is 47.4 Å². The van der Waals surface area contributed by atoms with Gasteiger partial charge in [-0.05, 0) is 37.0 Å². The number of ether oxygens (including phenoxy) is 1. The number of anilines is 1. The first-order valence-corrected chi connectivity index (χ1v) is 6.55. The molecule has 0 saturated heterocycles. The maximum absolute atomic E-state index is 12.2. The van der Waals surface area contributed by atoms with Crippen LogP contribution in [-0.4, -0.2) is 23.0 Å². The number of carbonyl (C=O) groups is 1. The van der Waals surface area contributed by atoms with E-state index >= 15 is 0 Å². The summed E-state index contributed by atoms with van der Waals surface area (Å²) in [6.45, 7) is 0. The van der Waals surface area contributed by atoms with Gasteiger partial charge < -0.3 is 10.1 Å². The highest BCUT2D eigenvalue weighted by Gasteiger charge is 2.15. The summed E-state index contributed by atoms with van der Waals surface area (Å²) in [6.07, 6.45) is 6.37. The molecule has 2 aromatic heterocycles. The largest absolute Gasteiger partial charge is 0.481 e. The zero-order valence-electron chi connectivity index (χ0n) is 11.2. The first-order chi connectivity index (χ1) is 9.76. The fourth-order valence-electron chi connectivity index (χ4n) is 2.35. The average molecular weight is 269 g/mol. The van der Waals surface area contributed by atoms with Crippen LogP contribution in [0.25, 0.3) is 0 Å². The van der Waals surface area contributed by atoms with E-state index in [1.165, 1.54) is 5.56 Å². The molecule has 1 N–H and O–H groups in total. The van der Waals surface area contributed by atoms with E-state index in [-0.39, 0.29) is 5.91 Å². The van der Waals surface area contributed by atoms with Crippen LogP contribution in [0, 0.1) is 0 Å². The predicted octanol–water partition coefficient (Wildman–Crippen LogP) is 2.23. The lowest BCUT2D eigenvalue weighted by molar-refractivity contribution is 0.102. The van der Waals surface area contributed by atoms with Gasteiger partial charge in [-0.3, -0.25) is 9.78 Å². The van der Waals surface area contributed by atoms with Gasteiger partial charge in [0.05, 0.1) is 12.7 Å². The minimum absolute atomic E-state index is 0.166. The number of hydrogen-bond donors (Lipinski definition) is 1. The van der Waals surface area contributed by atoms with Gasteiger partial charge in [-0.25, -0.2) is 4.98 Å². The number of rotatable bonds is 3. The van der Waals surface area contributed by atoms with Crippen LogP contribution >= 0.6 is 0 Å². The number of amides is 1. The maximum Gasteiger partial charge on any atom is 0.257 e. The first kappa shape index (κ1) is 12.6. The summed E-state index contributed by atoms with van der Waals surface area (Å²) in [5, 5.41) is 2.83. The Morgan fingerprint density at radius 1 is 1.30 bits per heavy atom. The summed E-state index contributed by atoms with van der Waals surface area (Å²) in [4.78, 5) is 20.6. The van der Waals surface area contributed by atoms with Crippen LogP contribution in [0.5, 0.6) is 5.88 Å². The smallest absolute Gasteiger partial charge is 0.257 e. The molecular formula is C15H15N3O2. The average Bonchev–Trinajstić information content (AvgIpc) is 2.94. The van der Waals surface area contributed by atoms with E-state index in [1.54, 1.807) is 31.6 Å². The van der Waals surface area contributed by atoms with Crippen molar-refractivity contribution in [1.82, 2.24) is 9.97 Å². The zero-order valence-corrected chi connectivity index (χ0v) is 11.2. The number of hydrogen-bond acceptors (Lipinski definition) is 4. The van der Waals surface area contributed by atoms with E-state index in [9.17, 15) is 4.79 Å². The van der Waals surface area contributed by atoms with Crippen molar-refractivity contribution in [2.24, 2.45) is 0 Å². The number of methoxy groups -OCH3 is 1. The van der Waals surface area contributed by atoms with Crippen LogP contribution in [-0.2, 0) is 12.8 Å². The van der Waals surface area contributed by atoms with Gasteiger partial charge in [-0.2, -0.15) is 0 Å². The number of nitrogens with zero attached hydrogens (tertiary/aromatic N) is 2. The van der Waals surface area contributed by atoms with Gasteiger partial charge in [0.2, 0.25) is 5.88 Å². The lowest BCUT2D eigenvalue weighted by Crippen LogP contribution is -2.13. The van der Waals surface area contributed by atoms with Crippen LogP contribution in [0.4, 0.5) is 5.69 Å². The second kappa shape index (κ2) is 5.28. The van der Waals surface area contributed by atoms with E-state index < -0.39 is 0 Å². The molecule has 20 heavy (non-hydrogen) atoms. The Hall–Kier alpha value is -2.43. The number of nitrogens with one attached hydrogen (secondary N) is 1. The van der Waals surface area contributed by atoms with Gasteiger partial charge in [0, 0.05) is 29.8 Å². The topological polar surface area (TPSA) is 64.1 Å². The van der Waals surface area contributed by atoms with Crippen molar-refractivity contribution >= 4 is 11.6 Å². The third-order valence-electron chi connectivity index (χ3n) is 3.38. The van der Waals surface area contributed by atoms with Crippen molar-refractivity contribution in [2.75, 3.05) is 12.4 Å². The van der Waals surface area contributed by atoms with Crippen molar-refractivity contribution in [3.63, 3.8) is 0 Å². The Morgan fingerprint density at radius 2 is 2.20 bits per heavy atom. The van der Waals surface area contributed by atoms with E-state index in [1.807, 2.05) is 6.07 Å². The maximum atomic E-state index is 12.2. The minimum atomic E-state index is -0.166. The van der Waals surface area contributed by atoms with E-state index in [0.29, 0.717) is 17.1 Å². The highest BCUT2D eigenvalue weighted by atomic mass is 16.5. The molecule has 5 nitrogen and oxygen atoms in total. The number of aryl methyl sites for hydroxylation is 2. The molecular weight excluding hydrogens is 254 g/mol. The quantitative estimate of drug-likeness (QED) is 0.928. The van der Waals surface area contributed by atoms with E-state index in [4.69, 9.17) is 4.74 Å². The number of carbonyl (C=O) groups excluding carboxylic acids is 1. The lowest BCUT2D eigenvalue weighted by Gasteiger charge is -2.07. The molecule has 0 radical (unpaired) electrons. The second-order valence-electron chi connectivity index (χ2n) is 4.72. The number of aromatic nitrogens is 2. The third-order valence-corrected chi connectivity index (χ3v) is 3.38. The van der Waals surface area contributed by atoms with Crippen LogP contribution in [0.15, 0.2) is 30.6 Å². The Labute approximate surface area is 117 Å². The molecule has 2 heterocycles. The SMILES string of the molecule is COc1cc(NC(=O)c2cnc3c(c2)CCC3)ccn1. The standard InChI is InChI=1S/C15H15N3O2/c1-20-14-8-12(5-6-16-14)18-15(19)11-7-10-3-2-4-13(10)17-9-11/h5-9H,2-4H2,1H3,(H,16,18,19). The van der Waals surface area contributed by atoms with E-state index in [2.05, 4.69) is 15.3 Å². The lowest BCUT2D eigenvalue weighted by atomic mass is 10.1. The molecule has 5 heteroatoms. The highest BCUT2D eigenvalue weighted by Crippen LogP contribution is 2.21. The fraction of sp³-hybridized carbons (Fsp3) is 0.267. The summed E-state index contributed by atoms with van der Waals surface area (Å²) in [7, 11) is 1.54. The molecule has 1 aliphatic rings. The van der Waals surface area contributed by atoms with Crippen LogP contribution in [0.1, 0.15) is 28.0 Å². The monoisotopic (exact) mass is 269 g/mol. The van der Waals surface area contributed by atoms with Gasteiger partial charge in [-0.1, -0.05) is 0 Å². The molecule has 0 bridgehead atoms. The van der Waals surface area contributed by atoms with Gasteiger partial charge >= 0.3 is 0 Å². The normalized spacial score (nSPS) is 12.8. The zero-order chi connectivity index (χ0) is 13.9. The van der Waals surface area contributed by atoms with Crippen molar-refractivity contribution in [3.8, 4) is 5.88 Å². The first-order valence-electron chi connectivity index (χ1n) is 6.55. The Morgan fingerprint density at radius 3 is 3.05 bits per heavy atom. The highest BCUT2D eigenvalue weighted by molar-refractivity contribution is 6.04. The summed E-state index contributed by atoms with van der Waals surface area (Å²) < 4.78 is 5.03. The van der Waals surface area contributed by atoms with Crippen LogP contribution in [0.3, 0.4) is 0 Å². The fourth-order valence-corrected chi connectivity index (χ4v) is 2.35. The molecule has 102 valence electrons. The Balaban J connectivity index is 1.79. The van der Waals surface area contributed by atoms with Crippen LogP contribution < -0.4 is 10.1 Å². The Bertz CT molecular complexity index is 655. The van der Waals surface area contributed by atoms with Gasteiger partial charge in [-0.15, -0.1) is 0 Å². The molecule has 2 aromatic rings. The van der Waals surface area contributed by atoms with Gasteiger partial charge in [0.15, 0.2) is 0 Å². The molecule has 0 aliphatic heterocycles. The van der Waals surface area contributed by atoms with Crippen LogP contribution in [0.2, 0.25) is 0 Å². The third kappa shape index (κ3) is 2.47. The molecule has 1 aliphatic carbocycles. The van der Waals surface area contributed by atoms with Gasteiger partial charge in [0.25, 0.3) is 5.91 Å². The summed E-state index contributed by atoms with van der Waals surface area (Å²) in [5.74, 6) is 0.301. The summed E-state index contributed by atoms with van der Waals surface area (Å²) in [6, 6.07) is 5.34. The van der Waals surface area contributed by atoms with Crippen molar-refractivity contribution in [1.29, 1.82) is 0 Å². The summed E-state index contributed by atoms with van der Waals surface area (Å²) >= 11 is 0. The second-order valence-corrected chi connectivity index (χ2v) is 4.72. The summed E-state index contributed by atoms with van der Waals surface area (Å²) in [5.41, 5.74) is 3.54. The van der Waals surface area contributed by atoms with Crippen molar-refractivity contribution < 1.29 is 9.53 Å². The molecule has 0 unspecified atom stereocenters. The molecule has 0 atom stereocenters. The molecule has 0 spiro atoms.